The Bertz CT molecular complexity index is 1270. The molecule has 0 amide bonds. The van der Waals surface area contributed by atoms with Gasteiger partial charge in [0.2, 0.25) is 0 Å². The van der Waals surface area contributed by atoms with Crippen molar-refractivity contribution in [2.45, 2.75) is 46.0 Å². The zero-order valence-electron chi connectivity index (χ0n) is 22.8. The lowest BCUT2D eigenvalue weighted by atomic mass is 9.90. The van der Waals surface area contributed by atoms with Gasteiger partial charge in [-0.15, -0.1) is 0 Å². The van der Waals surface area contributed by atoms with Gasteiger partial charge in [-0.25, -0.2) is 0 Å². The monoisotopic (exact) mass is 520 g/mol. The molecule has 39 heavy (non-hydrogen) atoms. The summed E-state index contributed by atoms with van der Waals surface area (Å²) < 4.78 is 11.9. The Morgan fingerprint density at radius 2 is 0.974 bits per heavy atom. The van der Waals surface area contributed by atoms with Gasteiger partial charge in [0, 0.05) is 22.3 Å². The molecule has 0 saturated carbocycles. The van der Waals surface area contributed by atoms with Crippen molar-refractivity contribution in [1.29, 1.82) is 0 Å². The second-order valence-electron chi connectivity index (χ2n) is 9.61. The van der Waals surface area contributed by atoms with Crippen LogP contribution in [0.5, 0.6) is 11.5 Å². The molecule has 4 rings (SSSR count). The summed E-state index contributed by atoms with van der Waals surface area (Å²) in [5.74, 6) is 1.21. The Morgan fingerprint density at radius 1 is 0.564 bits per heavy atom. The summed E-state index contributed by atoms with van der Waals surface area (Å²) in [6, 6.07) is 29.9. The van der Waals surface area contributed by atoms with Crippen molar-refractivity contribution < 1.29 is 19.1 Å². The Labute approximate surface area is 231 Å². The molecule has 200 valence electrons. The largest absolute Gasteiger partial charge is 0.494 e. The van der Waals surface area contributed by atoms with Gasteiger partial charge in [-0.1, -0.05) is 99.5 Å². The van der Waals surface area contributed by atoms with Crippen molar-refractivity contribution in [2.75, 3.05) is 13.2 Å². The first-order chi connectivity index (χ1) is 19.1. The van der Waals surface area contributed by atoms with Gasteiger partial charge in [0.05, 0.1) is 13.2 Å². The second kappa shape index (κ2) is 14.1. The lowest BCUT2D eigenvalue weighted by Gasteiger charge is -2.16. The van der Waals surface area contributed by atoms with Crippen LogP contribution < -0.4 is 9.47 Å². The molecule has 0 heterocycles. The van der Waals surface area contributed by atoms with E-state index in [9.17, 15) is 9.59 Å². The van der Waals surface area contributed by atoms with Gasteiger partial charge in [-0.2, -0.15) is 0 Å². The minimum Gasteiger partial charge on any atom is -0.494 e. The van der Waals surface area contributed by atoms with Crippen LogP contribution in [0.2, 0.25) is 0 Å². The lowest BCUT2D eigenvalue weighted by Crippen LogP contribution is -2.10. The van der Waals surface area contributed by atoms with Crippen LogP contribution in [0.4, 0.5) is 0 Å². The van der Waals surface area contributed by atoms with Crippen molar-refractivity contribution in [1.82, 2.24) is 0 Å². The number of ketones is 2. The Hall–Kier alpha value is -4.18. The third kappa shape index (κ3) is 7.44. The minimum atomic E-state index is -0.0676. The number of hydrogen-bond donors (Lipinski definition) is 0. The number of unbranched alkanes of at least 4 members (excludes halogenated alkanes) is 2. The molecule has 0 aliphatic carbocycles. The van der Waals surface area contributed by atoms with E-state index in [0.29, 0.717) is 53.4 Å². The van der Waals surface area contributed by atoms with Crippen molar-refractivity contribution in [2.24, 2.45) is 0 Å². The van der Waals surface area contributed by atoms with E-state index in [0.717, 1.165) is 36.8 Å². The average molecular weight is 521 g/mol. The molecule has 4 nitrogen and oxygen atoms in total. The molecular weight excluding hydrogens is 484 g/mol. The fourth-order valence-corrected chi connectivity index (χ4v) is 4.39. The Kier molecular flexibility index (Phi) is 10.1. The first-order valence-electron chi connectivity index (χ1n) is 13.8. The summed E-state index contributed by atoms with van der Waals surface area (Å²) in [6.07, 6.45) is 4.38. The summed E-state index contributed by atoms with van der Waals surface area (Å²) in [6.45, 7) is 5.44. The Balaban J connectivity index is 1.73. The normalized spacial score (nSPS) is 10.7. The maximum absolute atomic E-state index is 13.6. The van der Waals surface area contributed by atoms with Gasteiger partial charge < -0.3 is 9.47 Å². The quantitative estimate of drug-likeness (QED) is 0.125. The van der Waals surface area contributed by atoms with E-state index >= 15 is 0 Å². The van der Waals surface area contributed by atoms with E-state index in [1.807, 2.05) is 97.1 Å². The highest BCUT2D eigenvalue weighted by molar-refractivity contribution is 6.11. The number of carbonyl (C=O) groups is 2. The zero-order valence-corrected chi connectivity index (χ0v) is 22.8. The van der Waals surface area contributed by atoms with Crippen LogP contribution in [-0.2, 0) is 6.42 Å². The smallest absolute Gasteiger partial charge is 0.193 e. The Morgan fingerprint density at radius 3 is 1.36 bits per heavy atom. The second-order valence-corrected chi connectivity index (χ2v) is 9.61. The molecule has 0 N–H and O–H groups in total. The van der Waals surface area contributed by atoms with Crippen LogP contribution in [0.3, 0.4) is 0 Å². The highest BCUT2D eigenvalue weighted by atomic mass is 16.5. The van der Waals surface area contributed by atoms with Gasteiger partial charge in [-0.3, -0.25) is 9.59 Å². The van der Waals surface area contributed by atoms with E-state index in [4.69, 9.17) is 9.47 Å². The van der Waals surface area contributed by atoms with Crippen LogP contribution in [-0.4, -0.2) is 24.8 Å². The number of benzene rings is 4. The van der Waals surface area contributed by atoms with Gasteiger partial charge in [-0.05, 0) is 54.7 Å². The van der Waals surface area contributed by atoms with Gasteiger partial charge in [0.25, 0.3) is 0 Å². The van der Waals surface area contributed by atoms with Gasteiger partial charge >= 0.3 is 0 Å². The predicted octanol–water partition coefficient (Wildman–Crippen LogP) is 8.10. The molecule has 4 aromatic carbocycles. The summed E-state index contributed by atoms with van der Waals surface area (Å²) in [7, 11) is 0. The molecule has 0 aliphatic heterocycles. The molecule has 0 aromatic heterocycles. The molecule has 0 fully saturated rings. The van der Waals surface area contributed by atoms with Crippen molar-refractivity contribution >= 4 is 11.6 Å². The van der Waals surface area contributed by atoms with E-state index in [1.54, 1.807) is 0 Å². The highest BCUT2D eigenvalue weighted by Gasteiger charge is 2.20. The van der Waals surface area contributed by atoms with E-state index in [-0.39, 0.29) is 11.6 Å². The number of hydrogen-bond acceptors (Lipinski definition) is 4. The molecule has 0 aliphatic rings. The molecule has 0 atom stereocenters. The lowest BCUT2D eigenvalue weighted by molar-refractivity contribution is 0.103. The van der Waals surface area contributed by atoms with E-state index in [1.165, 1.54) is 0 Å². The van der Waals surface area contributed by atoms with Gasteiger partial charge in [0.15, 0.2) is 11.6 Å². The molecule has 0 spiro atoms. The molecule has 0 unspecified atom stereocenters. The van der Waals surface area contributed by atoms with E-state index < -0.39 is 0 Å². The molecule has 0 bridgehead atoms. The standard InChI is InChI=1S/C35H36O4/c1-3-5-21-38-30-19-17-28(32(24-30)34(36)26-13-9-7-10-14-26)23-29-18-20-31(39-22-6-4-2)25-33(29)35(37)27-15-11-8-12-16-27/h7-20,24-25H,3-6,21-23H2,1-2H3. The van der Waals surface area contributed by atoms with Crippen molar-refractivity contribution in [3.05, 3.63) is 130 Å². The first-order valence-corrected chi connectivity index (χ1v) is 13.8. The fourth-order valence-electron chi connectivity index (χ4n) is 4.39. The van der Waals surface area contributed by atoms with Crippen LogP contribution in [0.15, 0.2) is 97.1 Å². The summed E-state index contributed by atoms with van der Waals surface area (Å²) in [5, 5.41) is 0. The number of rotatable bonds is 14. The molecule has 0 radical (unpaired) electrons. The average Bonchev–Trinajstić information content (AvgIpc) is 2.99. The fraction of sp³-hybridized carbons (Fsp3) is 0.257. The SMILES string of the molecule is CCCCOc1ccc(Cc2ccc(OCCCC)cc2C(=O)c2ccccc2)c(C(=O)c2ccccc2)c1. The third-order valence-electron chi connectivity index (χ3n) is 6.64. The topological polar surface area (TPSA) is 52.6 Å². The van der Waals surface area contributed by atoms with Crippen LogP contribution >= 0.6 is 0 Å². The van der Waals surface area contributed by atoms with Gasteiger partial charge in [0.1, 0.15) is 11.5 Å². The van der Waals surface area contributed by atoms with Crippen LogP contribution in [0, 0.1) is 0 Å². The number of carbonyl (C=O) groups excluding carboxylic acids is 2. The van der Waals surface area contributed by atoms with E-state index in [2.05, 4.69) is 13.8 Å². The maximum Gasteiger partial charge on any atom is 0.193 e. The zero-order chi connectivity index (χ0) is 27.5. The summed E-state index contributed by atoms with van der Waals surface area (Å²) >= 11 is 0. The first kappa shape index (κ1) is 27.8. The molecule has 4 aromatic rings. The minimum absolute atomic E-state index is 0.0676. The van der Waals surface area contributed by atoms with Crippen LogP contribution in [0.1, 0.15) is 82.5 Å². The molecule has 0 saturated heterocycles. The highest BCUT2D eigenvalue weighted by Crippen LogP contribution is 2.28. The molecular formula is C35H36O4. The third-order valence-corrected chi connectivity index (χ3v) is 6.64. The van der Waals surface area contributed by atoms with Crippen LogP contribution in [0.25, 0.3) is 0 Å². The number of ether oxygens (including phenoxy) is 2. The predicted molar refractivity (Wildman–Crippen MR) is 156 cm³/mol. The maximum atomic E-state index is 13.6. The summed E-state index contributed by atoms with van der Waals surface area (Å²) in [4.78, 5) is 27.3. The molecule has 4 heteroatoms. The summed E-state index contributed by atoms with van der Waals surface area (Å²) in [5.41, 5.74) is 4.07. The van der Waals surface area contributed by atoms with Crippen molar-refractivity contribution in [3.63, 3.8) is 0 Å². The van der Waals surface area contributed by atoms with Crippen molar-refractivity contribution in [3.8, 4) is 11.5 Å².